The van der Waals surface area contributed by atoms with E-state index in [9.17, 15) is 0 Å². The molecule has 0 aliphatic heterocycles. The van der Waals surface area contributed by atoms with Gasteiger partial charge in [0.2, 0.25) is 0 Å². The fraction of sp³-hybridized carbons (Fsp3) is 0.333. The first-order valence-corrected chi connectivity index (χ1v) is 7.41. The average molecular weight is 285 g/mol. The van der Waals surface area contributed by atoms with Crippen LogP contribution in [0.2, 0.25) is 0 Å². The molecule has 0 aliphatic carbocycles. The van der Waals surface area contributed by atoms with Crippen molar-refractivity contribution < 1.29 is 9.47 Å². The Bertz CT molecular complexity index is 567. The predicted octanol–water partition coefficient (Wildman–Crippen LogP) is 4.48. The van der Waals surface area contributed by atoms with Crippen LogP contribution in [0.4, 0.5) is 5.69 Å². The Balaban J connectivity index is 2.10. The van der Waals surface area contributed by atoms with Crippen molar-refractivity contribution in [1.29, 1.82) is 0 Å². The van der Waals surface area contributed by atoms with E-state index in [1.807, 2.05) is 63.2 Å². The van der Waals surface area contributed by atoms with Crippen molar-refractivity contribution in [2.45, 2.75) is 33.4 Å². The zero-order valence-electron chi connectivity index (χ0n) is 12.9. The van der Waals surface area contributed by atoms with E-state index >= 15 is 0 Å². The highest BCUT2D eigenvalue weighted by Gasteiger charge is 2.06. The van der Waals surface area contributed by atoms with Gasteiger partial charge in [-0.2, -0.15) is 0 Å². The van der Waals surface area contributed by atoms with Crippen LogP contribution < -0.4 is 14.8 Å². The second-order valence-electron chi connectivity index (χ2n) is 5.06. The molecule has 2 aromatic rings. The highest BCUT2D eigenvalue weighted by Crippen LogP contribution is 2.26. The van der Waals surface area contributed by atoms with Crippen molar-refractivity contribution in [2.24, 2.45) is 0 Å². The fourth-order valence-electron chi connectivity index (χ4n) is 2.11. The minimum atomic E-state index is 0.156. The summed E-state index contributed by atoms with van der Waals surface area (Å²) in [7, 11) is 0. The van der Waals surface area contributed by atoms with Gasteiger partial charge in [0, 0.05) is 12.1 Å². The minimum absolute atomic E-state index is 0.156. The number of benzene rings is 2. The van der Waals surface area contributed by atoms with Crippen molar-refractivity contribution in [3.05, 3.63) is 54.1 Å². The first kappa shape index (κ1) is 15.2. The molecule has 2 aromatic carbocycles. The number of hydrogen-bond donors (Lipinski definition) is 1. The molecule has 0 aromatic heterocycles. The van der Waals surface area contributed by atoms with Crippen molar-refractivity contribution in [3.63, 3.8) is 0 Å². The Kier molecular flexibility index (Phi) is 5.50. The van der Waals surface area contributed by atoms with Gasteiger partial charge in [0.15, 0.2) is 0 Å². The van der Waals surface area contributed by atoms with Crippen LogP contribution in [-0.4, -0.2) is 12.7 Å². The molecule has 3 heteroatoms. The summed E-state index contributed by atoms with van der Waals surface area (Å²) in [6.45, 7) is 7.43. The fourth-order valence-corrected chi connectivity index (χ4v) is 2.11. The van der Waals surface area contributed by atoms with E-state index < -0.39 is 0 Å². The molecular weight excluding hydrogens is 262 g/mol. The Morgan fingerprint density at radius 3 is 2.33 bits per heavy atom. The molecule has 0 aliphatic rings. The minimum Gasteiger partial charge on any atom is -0.494 e. The maximum Gasteiger partial charge on any atom is 0.142 e. The van der Waals surface area contributed by atoms with Gasteiger partial charge >= 0.3 is 0 Å². The van der Waals surface area contributed by atoms with Crippen LogP contribution in [0, 0.1) is 0 Å². The molecule has 0 bridgehead atoms. The van der Waals surface area contributed by atoms with E-state index in [1.54, 1.807) is 0 Å². The lowest BCUT2D eigenvalue weighted by molar-refractivity contribution is 0.243. The Morgan fingerprint density at radius 2 is 1.62 bits per heavy atom. The average Bonchev–Trinajstić information content (AvgIpc) is 2.47. The zero-order valence-corrected chi connectivity index (χ0v) is 12.9. The van der Waals surface area contributed by atoms with Gasteiger partial charge in [0.25, 0.3) is 0 Å². The Labute approximate surface area is 126 Å². The standard InChI is InChI=1S/C18H23NO2/c1-4-20-17-11-7-5-9-15(17)13-19-16-10-6-8-12-18(16)21-14(2)3/h5-12,14,19H,4,13H2,1-3H3. The maximum atomic E-state index is 5.82. The van der Waals surface area contributed by atoms with Gasteiger partial charge in [0.1, 0.15) is 11.5 Å². The summed E-state index contributed by atoms with van der Waals surface area (Å²) in [4.78, 5) is 0. The zero-order chi connectivity index (χ0) is 15.1. The van der Waals surface area contributed by atoms with Crippen LogP contribution in [0.25, 0.3) is 0 Å². The third-order valence-electron chi connectivity index (χ3n) is 2.99. The third-order valence-corrected chi connectivity index (χ3v) is 2.99. The molecule has 1 N–H and O–H groups in total. The highest BCUT2D eigenvalue weighted by atomic mass is 16.5. The predicted molar refractivity (Wildman–Crippen MR) is 87.1 cm³/mol. The lowest BCUT2D eigenvalue weighted by Crippen LogP contribution is -2.09. The quantitative estimate of drug-likeness (QED) is 0.813. The van der Waals surface area contributed by atoms with Crippen LogP contribution >= 0.6 is 0 Å². The van der Waals surface area contributed by atoms with Crippen LogP contribution in [0.3, 0.4) is 0 Å². The van der Waals surface area contributed by atoms with E-state index in [-0.39, 0.29) is 6.10 Å². The summed E-state index contributed by atoms with van der Waals surface area (Å²) in [6, 6.07) is 16.1. The van der Waals surface area contributed by atoms with Gasteiger partial charge in [0.05, 0.1) is 18.4 Å². The summed E-state index contributed by atoms with van der Waals surface area (Å²) >= 11 is 0. The van der Waals surface area contributed by atoms with Crippen molar-refractivity contribution >= 4 is 5.69 Å². The Morgan fingerprint density at radius 1 is 0.952 bits per heavy atom. The van der Waals surface area contributed by atoms with Crippen molar-refractivity contribution in [1.82, 2.24) is 0 Å². The highest BCUT2D eigenvalue weighted by molar-refractivity contribution is 5.56. The van der Waals surface area contributed by atoms with E-state index in [0.717, 1.165) is 22.7 Å². The van der Waals surface area contributed by atoms with Crippen LogP contribution in [-0.2, 0) is 6.54 Å². The molecule has 0 saturated heterocycles. The van der Waals surface area contributed by atoms with Gasteiger partial charge in [-0.25, -0.2) is 0 Å². The summed E-state index contributed by atoms with van der Waals surface area (Å²) in [5.74, 6) is 1.80. The monoisotopic (exact) mass is 285 g/mol. The summed E-state index contributed by atoms with van der Waals surface area (Å²) in [5, 5.41) is 3.43. The summed E-state index contributed by atoms with van der Waals surface area (Å²) in [5.41, 5.74) is 2.14. The Hall–Kier alpha value is -2.16. The van der Waals surface area contributed by atoms with E-state index in [1.165, 1.54) is 0 Å². The van der Waals surface area contributed by atoms with Crippen molar-refractivity contribution in [2.75, 3.05) is 11.9 Å². The third kappa shape index (κ3) is 4.42. The van der Waals surface area contributed by atoms with Gasteiger partial charge in [-0.15, -0.1) is 0 Å². The van der Waals surface area contributed by atoms with Gasteiger partial charge in [-0.3, -0.25) is 0 Å². The van der Waals surface area contributed by atoms with E-state index in [4.69, 9.17) is 9.47 Å². The number of hydrogen-bond acceptors (Lipinski definition) is 3. The van der Waals surface area contributed by atoms with Crippen LogP contribution in [0.15, 0.2) is 48.5 Å². The molecule has 0 amide bonds. The number of anilines is 1. The van der Waals surface area contributed by atoms with Gasteiger partial charge < -0.3 is 14.8 Å². The normalized spacial score (nSPS) is 10.5. The molecule has 0 heterocycles. The molecule has 0 unspecified atom stereocenters. The molecule has 0 fully saturated rings. The lowest BCUT2D eigenvalue weighted by atomic mass is 10.2. The molecule has 0 spiro atoms. The first-order chi connectivity index (χ1) is 10.2. The largest absolute Gasteiger partial charge is 0.494 e. The maximum absolute atomic E-state index is 5.82. The van der Waals surface area contributed by atoms with Crippen LogP contribution in [0.1, 0.15) is 26.3 Å². The molecule has 3 nitrogen and oxygen atoms in total. The number of ether oxygens (including phenoxy) is 2. The first-order valence-electron chi connectivity index (χ1n) is 7.41. The molecule has 21 heavy (non-hydrogen) atoms. The van der Waals surface area contributed by atoms with Gasteiger partial charge in [-0.05, 0) is 39.0 Å². The molecule has 112 valence electrons. The number of nitrogens with one attached hydrogen (secondary N) is 1. The molecule has 0 atom stereocenters. The van der Waals surface area contributed by atoms with Crippen LogP contribution in [0.5, 0.6) is 11.5 Å². The molecule has 0 saturated carbocycles. The number of para-hydroxylation sites is 3. The molecular formula is C18H23NO2. The summed E-state index contributed by atoms with van der Waals surface area (Å²) in [6.07, 6.45) is 0.156. The lowest BCUT2D eigenvalue weighted by Gasteiger charge is -2.16. The smallest absolute Gasteiger partial charge is 0.142 e. The molecule has 0 radical (unpaired) electrons. The topological polar surface area (TPSA) is 30.5 Å². The van der Waals surface area contributed by atoms with E-state index in [2.05, 4.69) is 11.4 Å². The second-order valence-corrected chi connectivity index (χ2v) is 5.06. The SMILES string of the molecule is CCOc1ccccc1CNc1ccccc1OC(C)C. The van der Waals surface area contributed by atoms with E-state index in [0.29, 0.717) is 13.2 Å². The molecule has 2 rings (SSSR count). The van der Waals surface area contributed by atoms with Gasteiger partial charge in [-0.1, -0.05) is 30.3 Å². The number of rotatable bonds is 7. The summed E-state index contributed by atoms with van der Waals surface area (Å²) < 4.78 is 11.5. The second kappa shape index (κ2) is 7.58. The van der Waals surface area contributed by atoms with Crippen molar-refractivity contribution in [3.8, 4) is 11.5 Å².